The Bertz CT molecular complexity index is 496. The standard InChI is InChI=1S/C12H12BrN3O/c13-11-4-1-3-10(9-11)12(17)14-6-8-16-7-2-5-15-16/h1-5,7,9H,6,8H2,(H,14,17). The fraction of sp³-hybridized carbons (Fsp3) is 0.167. The van der Waals surface area contributed by atoms with Gasteiger partial charge in [-0.3, -0.25) is 9.48 Å². The van der Waals surface area contributed by atoms with Crippen LogP contribution >= 0.6 is 15.9 Å². The number of hydrogen-bond acceptors (Lipinski definition) is 2. The molecular weight excluding hydrogens is 282 g/mol. The third kappa shape index (κ3) is 3.42. The second-order valence-electron chi connectivity index (χ2n) is 3.54. The summed E-state index contributed by atoms with van der Waals surface area (Å²) in [5, 5.41) is 6.90. The van der Waals surface area contributed by atoms with Gasteiger partial charge in [0.15, 0.2) is 0 Å². The van der Waals surface area contributed by atoms with E-state index in [2.05, 4.69) is 26.3 Å². The Labute approximate surface area is 108 Å². The maximum Gasteiger partial charge on any atom is 0.251 e. The van der Waals surface area contributed by atoms with Crippen molar-refractivity contribution in [3.63, 3.8) is 0 Å². The van der Waals surface area contributed by atoms with Crippen molar-refractivity contribution in [2.45, 2.75) is 6.54 Å². The van der Waals surface area contributed by atoms with Gasteiger partial charge in [0, 0.05) is 29.0 Å². The lowest BCUT2D eigenvalue weighted by Crippen LogP contribution is -2.27. The molecule has 0 spiro atoms. The molecule has 0 aliphatic carbocycles. The topological polar surface area (TPSA) is 46.9 Å². The van der Waals surface area contributed by atoms with Crippen molar-refractivity contribution >= 4 is 21.8 Å². The van der Waals surface area contributed by atoms with Gasteiger partial charge in [-0.2, -0.15) is 5.10 Å². The molecule has 4 nitrogen and oxygen atoms in total. The van der Waals surface area contributed by atoms with E-state index in [1.807, 2.05) is 24.4 Å². The van der Waals surface area contributed by atoms with Crippen LogP contribution in [0.2, 0.25) is 0 Å². The molecule has 0 bridgehead atoms. The van der Waals surface area contributed by atoms with Gasteiger partial charge < -0.3 is 5.32 Å². The van der Waals surface area contributed by atoms with Crippen LogP contribution in [0.4, 0.5) is 0 Å². The van der Waals surface area contributed by atoms with Crippen molar-refractivity contribution in [1.29, 1.82) is 0 Å². The first-order chi connectivity index (χ1) is 8.25. The minimum Gasteiger partial charge on any atom is -0.350 e. The number of amides is 1. The SMILES string of the molecule is O=C(NCCn1cccn1)c1cccc(Br)c1. The largest absolute Gasteiger partial charge is 0.350 e. The molecule has 2 rings (SSSR count). The highest BCUT2D eigenvalue weighted by Crippen LogP contribution is 2.11. The molecule has 1 heterocycles. The molecular formula is C12H12BrN3O. The van der Waals surface area contributed by atoms with E-state index < -0.39 is 0 Å². The van der Waals surface area contributed by atoms with E-state index >= 15 is 0 Å². The van der Waals surface area contributed by atoms with Crippen LogP contribution in [0.3, 0.4) is 0 Å². The number of nitrogens with one attached hydrogen (secondary N) is 1. The molecule has 0 unspecified atom stereocenters. The van der Waals surface area contributed by atoms with Crippen LogP contribution in [-0.2, 0) is 6.54 Å². The van der Waals surface area contributed by atoms with E-state index in [4.69, 9.17) is 0 Å². The van der Waals surface area contributed by atoms with Crippen LogP contribution in [0, 0.1) is 0 Å². The predicted octanol–water partition coefficient (Wildman–Crippen LogP) is 2.08. The number of nitrogens with zero attached hydrogens (tertiary/aromatic N) is 2. The molecule has 0 saturated carbocycles. The molecule has 1 amide bonds. The quantitative estimate of drug-likeness (QED) is 0.938. The lowest BCUT2D eigenvalue weighted by Gasteiger charge is -2.05. The van der Waals surface area contributed by atoms with E-state index in [0.717, 1.165) is 4.47 Å². The summed E-state index contributed by atoms with van der Waals surface area (Å²) in [6, 6.07) is 9.17. The van der Waals surface area contributed by atoms with Crippen LogP contribution < -0.4 is 5.32 Å². The smallest absolute Gasteiger partial charge is 0.251 e. The summed E-state index contributed by atoms with van der Waals surface area (Å²) in [5.74, 6) is -0.0709. The highest BCUT2D eigenvalue weighted by Gasteiger charge is 2.04. The van der Waals surface area contributed by atoms with E-state index in [1.165, 1.54) is 0 Å². The van der Waals surface area contributed by atoms with Gasteiger partial charge in [0.1, 0.15) is 0 Å². The first-order valence-electron chi connectivity index (χ1n) is 5.27. The van der Waals surface area contributed by atoms with Gasteiger partial charge in [-0.25, -0.2) is 0 Å². The molecule has 0 radical (unpaired) electrons. The van der Waals surface area contributed by atoms with Crippen molar-refractivity contribution < 1.29 is 4.79 Å². The molecule has 5 heteroatoms. The van der Waals surface area contributed by atoms with Gasteiger partial charge >= 0.3 is 0 Å². The van der Waals surface area contributed by atoms with Gasteiger partial charge in [-0.15, -0.1) is 0 Å². The van der Waals surface area contributed by atoms with Crippen molar-refractivity contribution in [3.8, 4) is 0 Å². The summed E-state index contributed by atoms with van der Waals surface area (Å²) in [7, 11) is 0. The predicted molar refractivity (Wildman–Crippen MR) is 68.7 cm³/mol. The Balaban J connectivity index is 1.85. The highest BCUT2D eigenvalue weighted by molar-refractivity contribution is 9.10. The molecule has 0 saturated heterocycles. The average molecular weight is 294 g/mol. The van der Waals surface area contributed by atoms with E-state index in [0.29, 0.717) is 18.7 Å². The van der Waals surface area contributed by atoms with E-state index in [1.54, 1.807) is 23.0 Å². The lowest BCUT2D eigenvalue weighted by molar-refractivity contribution is 0.0952. The Morgan fingerprint density at radius 2 is 2.29 bits per heavy atom. The Morgan fingerprint density at radius 1 is 1.41 bits per heavy atom. The Morgan fingerprint density at radius 3 is 3.00 bits per heavy atom. The van der Waals surface area contributed by atoms with Crippen LogP contribution in [0.5, 0.6) is 0 Å². The highest BCUT2D eigenvalue weighted by atomic mass is 79.9. The number of carbonyl (C=O) groups excluding carboxylic acids is 1. The summed E-state index contributed by atoms with van der Waals surface area (Å²) in [4.78, 5) is 11.8. The molecule has 0 aliphatic rings. The third-order valence-corrected chi connectivity index (χ3v) is 2.77. The number of benzene rings is 1. The fourth-order valence-corrected chi connectivity index (χ4v) is 1.85. The summed E-state index contributed by atoms with van der Waals surface area (Å²) < 4.78 is 2.68. The van der Waals surface area contributed by atoms with Crippen LogP contribution in [-0.4, -0.2) is 22.2 Å². The molecule has 17 heavy (non-hydrogen) atoms. The van der Waals surface area contributed by atoms with Crippen molar-refractivity contribution in [3.05, 3.63) is 52.8 Å². The zero-order valence-corrected chi connectivity index (χ0v) is 10.7. The normalized spacial score (nSPS) is 10.2. The first-order valence-corrected chi connectivity index (χ1v) is 6.06. The van der Waals surface area contributed by atoms with Gasteiger partial charge in [0.2, 0.25) is 0 Å². The second kappa shape index (κ2) is 5.63. The van der Waals surface area contributed by atoms with Crippen LogP contribution in [0.1, 0.15) is 10.4 Å². The molecule has 0 atom stereocenters. The molecule has 2 aromatic rings. The molecule has 0 fully saturated rings. The monoisotopic (exact) mass is 293 g/mol. The zero-order chi connectivity index (χ0) is 12.1. The van der Waals surface area contributed by atoms with E-state index in [-0.39, 0.29) is 5.91 Å². The molecule has 88 valence electrons. The second-order valence-corrected chi connectivity index (χ2v) is 4.45. The minimum absolute atomic E-state index is 0.0709. The summed E-state index contributed by atoms with van der Waals surface area (Å²) in [6.07, 6.45) is 3.58. The number of rotatable bonds is 4. The zero-order valence-electron chi connectivity index (χ0n) is 9.14. The lowest BCUT2D eigenvalue weighted by atomic mass is 10.2. The van der Waals surface area contributed by atoms with E-state index in [9.17, 15) is 4.79 Å². The summed E-state index contributed by atoms with van der Waals surface area (Å²) in [5.41, 5.74) is 0.653. The molecule has 1 N–H and O–H groups in total. The average Bonchev–Trinajstić information content (AvgIpc) is 2.82. The van der Waals surface area contributed by atoms with Gasteiger partial charge in [0.25, 0.3) is 5.91 Å². The third-order valence-electron chi connectivity index (χ3n) is 2.27. The van der Waals surface area contributed by atoms with Gasteiger partial charge in [-0.05, 0) is 24.3 Å². The van der Waals surface area contributed by atoms with Crippen LogP contribution in [0.15, 0.2) is 47.2 Å². The van der Waals surface area contributed by atoms with Crippen LogP contribution in [0.25, 0.3) is 0 Å². The molecule has 1 aromatic heterocycles. The molecule has 0 aliphatic heterocycles. The minimum atomic E-state index is -0.0709. The Hall–Kier alpha value is -1.62. The van der Waals surface area contributed by atoms with Crippen molar-refractivity contribution in [2.75, 3.05) is 6.54 Å². The number of carbonyl (C=O) groups is 1. The maximum absolute atomic E-state index is 11.8. The fourth-order valence-electron chi connectivity index (χ4n) is 1.45. The van der Waals surface area contributed by atoms with Crippen molar-refractivity contribution in [1.82, 2.24) is 15.1 Å². The number of halogens is 1. The van der Waals surface area contributed by atoms with Crippen molar-refractivity contribution in [2.24, 2.45) is 0 Å². The molecule has 1 aromatic carbocycles. The summed E-state index contributed by atoms with van der Waals surface area (Å²) >= 11 is 3.34. The first kappa shape index (κ1) is 11.9. The Kier molecular flexibility index (Phi) is 3.93. The summed E-state index contributed by atoms with van der Waals surface area (Å²) in [6.45, 7) is 1.24. The van der Waals surface area contributed by atoms with Gasteiger partial charge in [0.05, 0.1) is 6.54 Å². The van der Waals surface area contributed by atoms with Gasteiger partial charge in [-0.1, -0.05) is 22.0 Å². The number of aromatic nitrogens is 2. The maximum atomic E-state index is 11.8. The number of hydrogen-bond donors (Lipinski definition) is 1.